The van der Waals surface area contributed by atoms with Crippen molar-refractivity contribution in [3.05, 3.63) is 0 Å². The van der Waals surface area contributed by atoms with Crippen LogP contribution in [0.15, 0.2) is 0 Å². The fourth-order valence-electron chi connectivity index (χ4n) is 1.84. The molecule has 1 nitrogen and oxygen atoms in total. The van der Waals surface area contributed by atoms with Crippen molar-refractivity contribution >= 4 is 0 Å². The zero-order chi connectivity index (χ0) is 8.06. The molecule has 1 radical (unpaired) electrons. The smallest absolute Gasteiger partial charge is 0.173 e. The van der Waals surface area contributed by atoms with Crippen molar-refractivity contribution in [1.29, 1.82) is 0 Å². The van der Waals surface area contributed by atoms with Crippen LogP contribution in [0.2, 0.25) is 0 Å². The van der Waals surface area contributed by atoms with E-state index in [1.165, 1.54) is 0 Å². The number of rotatable bonds is 3. The molecule has 0 aliphatic heterocycles. The maximum absolute atomic E-state index is 12.4. The molecule has 0 aromatic carbocycles. The first-order valence-corrected chi connectivity index (χ1v) is 4.17. The van der Waals surface area contributed by atoms with E-state index in [4.69, 9.17) is 0 Å². The Morgan fingerprint density at radius 1 is 1.09 bits per heavy atom. The fraction of sp³-hybridized carbons (Fsp3) is 1.00. The number of hydrogen-bond acceptors (Lipinski definition) is 0. The molecule has 0 unspecified atom stereocenters. The van der Waals surface area contributed by atoms with Gasteiger partial charge in [0.15, 0.2) is 0 Å². The molecule has 0 aromatic heterocycles. The molecule has 0 amide bonds. The van der Waals surface area contributed by atoms with E-state index in [-0.39, 0.29) is 11.8 Å². The van der Waals surface area contributed by atoms with Crippen LogP contribution in [0.3, 0.4) is 0 Å². The molecule has 0 atom stereocenters. The summed E-state index contributed by atoms with van der Waals surface area (Å²) in [6.45, 7) is 0. The minimum atomic E-state index is -3.66. The van der Waals surface area contributed by atoms with Crippen LogP contribution in [-0.2, 0) is 5.11 Å². The largest absolute Gasteiger partial charge is 0.384 e. The summed E-state index contributed by atoms with van der Waals surface area (Å²) >= 11 is 0. The molecule has 0 saturated heterocycles. The molecule has 2 aliphatic rings. The van der Waals surface area contributed by atoms with E-state index >= 15 is 0 Å². The number of alkyl halides is 2. The Kier molecular flexibility index (Phi) is 1.46. The van der Waals surface area contributed by atoms with Gasteiger partial charge in [0.05, 0.1) is 5.92 Å². The van der Waals surface area contributed by atoms with Gasteiger partial charge in [-0.1, -0.05) is 0 Å². The second-order valence-corrected chi connectivity index (χ2v) is 3.76. The Hall–Kier alpha value is -0.180. The molecule has 63 valence electrons. The van der Waals surface area contributed by atoms with Gasteiger partial charge >= 0.3 is 6.11 Å². The van der Waals surface area contributed by atoms with Crippen LogP contribution in [0.1, 0.15) is 25.7 Å². The van der Waals surface area contributed by atoms with E-state index in [9.17, 15) is 13.9 Å². The molecule has 0 heterocycles. The van der Waals surface area contributed by atoms with Gasteiger partial charge in [-0.15, -0.1) is 0 Å². The van der Waals surface area contributed by atoms with Crippen molar-refractivity contribution in [1.82, 2.24) is 0 Å². The molecule has 0 aromatic rings. The fourth-order valence-corrected chi connectivity index (χ4v) is 1.84. The van der Waals surface area contributed by atoms with Crippen LogP contribution in [0.25, 0.3) is 0 Å². The third kappa shape index (κ3) is 1.53. The second-order valence-electron chi connectivity index (χ2n) is 3.76. The van der Waals surface area contributed by atoms with Gasteiger partial charge in [0.2, 0.25) is 0 Å². The quantitative estimate of drug-likeness (QED) is 0.605. The van der Waals surface area contributed by atoms with Crippen LogP contribution < -0.4 is 0 Å². The monoisotopic (exact) mass is 161 g/mol. The predicted molar refractivity (Wildman–Crippen MR) is 34.6 cm³/mol. The lowest BCUT2D eigenvalue weighted by atomic mass is 9.97. The molecule has 0 spiro atoms. The van der Waals surface area contributed by atoms with Crippen LogP contribution >= 0.6 is 0 Å². The molecule has 3 heteroatoms. The molecular weight excluding hydrogens is 150 g/mol. The van der Waals surface area contributed by atoms with Gasteiger partial charge in [-0.2, -0.15) is 13.9 Å². The Labute approximate surface area is 64.4 Å². The molecule has 11 heavy (non-hydrogen) atoms. The number of hydrogen-bond donors (Lipinski definition) is 0. The van der Waals surface area contributed by atoms with Crippen LogP contribution in [0, 0.1) is 17.8 Å². The highest BCUT2D eigenvalue weighted by molar-refractivity contribution is 4.94. The maximum Gasteiger partial charge on any atom is 0.384 e. The highest BCUT2D eigenvalue weighted by Crippen LogP contribution is 2.54. The van der Waals surface area contributed by atoms with Crippen molar-refractivity contribution in [2.24, 2.45) is 17.8 Å². The molecule has 0 N–H and O–H groups in total. The summed E-state index contributed by atoms with van der Waals surface area (Å²) in [6.07, 6.45) is -0.279. The summed E-state index contributed by atoms with van der Waals surface area (Å²) in [6, 6.07) is 0. The van der Waals surface area contributed by atoms with E-state index in [1.54, 1.807) is 0 Å². The third-order valence-electron chi connectivity index (χ3n) is 2.65. The lowest BCUT2D eigenvalue weighted by Crippen LogP contribution is -2.29. The topological polar surface area (TPSA) is 19.9 Å². The third-order valence-corrected chi connectivity index (χ3v) is 2.65. The zero-order valence-electron chi connectivity index (χ0n) is 6.22. The van der Waals surface area contributed by atoms with Gasteiger partial charge in [-0.3, -0.25) is 0 Å². The first kappa shape index (κ1) is 7.47. The minimum absolute atomic E-state index is 0.0509. The second kappa shape index (κ2) is 2.16. The summed E-state index contributed by atoms with van der Waals surface area (Å²) in [5, 5.41) is 10.4. The first-order chi connectivity index (χ1) is 5.09. The van der Waals surface area contributed by atoms with Gasteiger partial charge in [0.1, 0.15) is 0 Å². The average Bonchev–Trinajstić information content (AvgIpc) is 2.50. The van der Waals surface area contributed by atoms with Gasteiger partial charge in [0.25, 0.3) is 0 Å². The van der Waals surface area contributed by atoms with Crippen molar-refractivity contribution in [2.75, 3.05) is 0 Å². The van der Waals surface area contributed by atoms with Gasteiger partial charge in [-0.25, -0.2) is 0 Å². The van der Waals surface area contributed by atoms with Crippen molar-refractivity contribution in [3.63, 3.8) is 0 Å². The summed E-state index contributed by atoms with van der Waals surface area (Å²) < 4.78 is 24.8. The summed E-state index contributed by atoms with van der Waals surface area (Å²) in [7, 11) is 0. The van der Waals surface area contributed by atoms with E-state index in [2.05, 4.69) is 0 Å². The maximum atomic E-state index is 12.4. The highest BCUT2D eigenvalue weighted by atomic mass is 19.3. The standard InChI is InChI=1S/C8H11F2O/c9-8(10,11)7(5-1-2-5)6-3-4-6/h5-7H,1-4H2. The SMILES string of the molecule is [O]C(F)(F)C(C1CC1)C1CC1. The zero-order valence-corrected chi connectivity index (χ0v) is 6.22. The molecule has 0 bridgehead atoms. The molecule has 2 fully saturated rings. The summed E-state index contributed by atoms with van der Waals surface area (Å²) in [4.78, 5) is 0. The van der Waals surface area contributed by atoms with Crippen LogP contribution in [0.4, 0.5) is 8.78 Å². The summed E-state index contributed by atoms with van der Waals surface area (Å²) in [5.74, 6) is -0.729. The van der Waals surface area contributed by atoms with E-state index < -0.39 is 12.0 Å². The normalized spacial score (nSPS) is 26.2. The Morgan fingerprint density at radius 2 is 1.45 bits per heavy atom. The Balaban J connectivity index is 2.02. The lowest BCUT2D eigenvalue weighted by molar-refractivity contribution is -0.284. The highest BCUT2D eigenvalue weighted by Gasteiger charge is 2.55. The van der Waals surface area contributed by atoms with Gasteiger partial charge in [-0.05, 0) is 37.5 Å². The van der Waals surface area contributed by atoms with Crippen molar-refractivity contribution in [3.8, 4) is 0 Å². The average molecular weight is 161 g/mol. The van der Waals surface area contributed by atoms with E-state index in [1.807, 2.05) is 0 Å². The van der Waals surface area contributed by atoms with Gasteiger partial charge in [0, 0.05) is 0 Å². The van der Waals surface area contributed by atoms with E-state index in [0.29, 0.717) is 0 Å². The summed E-state index contributed by atoms with van der Waals surface area (Å²) in [5.41, 5.74) is 0. The molecular formula is C8H11F2O. The predicted octanol–water partition coefficient (Wildman–Crippen LogP) is 2.45. The Bertz CT molecular complexity index is 144. The minimum Gasteiger partial charge on any atom is -0.173 e. The lowest BCUT2D eigenvalue weighted by Gasteiger charge is -2.18. The van der Waals surface area contributed by atoms with Crippen LogP contribution in [-0.4, -0.2) is 6.11 Å². The first-order valence-electron chi connectivity index (χ1n) is 4.17. The molecule has 2 rings (SSSR count). The molecule has 2 saturated carbocycles. The van der Waals surface area contributed by atoms with Crippen LogP contribution in [0.5, 0.6) is 0 Å². The van der Waals surface area contributed by atoms with Crippen molar-refractivity contribution < 1.29 is 13.9 Å². The Morgan fingerprint density at radius 3 is 1.64 bits per heavy atom. The van der Waals surface area contributed by atoms with Gasteiger partial charge < -0.3 is 0 Å². The number of halogens is 2. The van der Waals surface area contributed by atoms with Crippen molar-refractivity contribution in [2.45, 2.75) is 31.8 Å². The van der Waals surface area contributed by atoms with E-state index in [0.717, 1.165) is 25.7 Å². The molecule has 2 aliphatic carbocycles.